The highest BCUT2D eigenvalue weighted by atomic mass is 35.5. The number of carbonyl (C=O) groups is 1. The van der Waals surface area contributed by atoms with Gasteiger partial charge < -0.3 is 15.5 Å². The second kappa shape index (κ2) is 18.6. The molecule has 1 aliphatic heterocycles. The molecular weight excluding hydrogens is 508 g/mol. The van der Waals surface area contributed by atoms with E-state index in [0.29, 0.717) is 18.2 Å². The number of nitrogens with zero attached hydrogens (tertiary/aromatic N) is 1. The second-order valence-electron chi connectivity index (χ2n) is 8.74. The number of benzene rings is 1. The van der Waals surface area contributed by atoms with Gasteiger partial charge in [0.2, 0.25) is 5.91 Å². The summed E-state index contributed by atoms with van der Waals surface area (Å²) >= 11 is 9.61. The van der Waals surface area contributed by atoms with E-state index in [1.807, 2.05) is 31.0 Å². The van der Waals surface area contributed by atoms with Crippen molar-refractivity contribution < 1.29 is 4.79 Å². The van der Waals surface area contributed by atoms with Crippen LogP contribution >= 0.6 is 34.9 Å². The molecule has 1 aliphatic rings. The van der Waals surface area contributed by atoms with Crippen LogP contribution in [-0.2, 0) is 4.79 Å². The maximum atomic E-state index is 11.9. The minimum Gasteiger partial charge on any atom is -0.394 e. The fraction of sp³-hybridized carbons (Fsp3) is 0.536. The molecule has 5 nitrogen and oxygen atoms in total. The minimum atomic E-state index is 0.310. The van der Waals surface area contributed by atoms with Gasteiger partial charge in [0.15, 0.2) is 0 Å². The van der Waals surface area contributed by atoms with E-state index in [-0.39, 0.29) is 0 Å². The maximum absolute atomic E-state index is 11.9. The van der Waals surface area contributed by atoms with E-state index in [4.69, 9.17) is 11.6 Å². The first-order valence-corrected chi connectivity index (χ1v) is 14.8. The topological polar surface area (TPSA) is 56.4 Å². The highest BCUT2D eigenvalue weighted by molar-refractivity contribution is 7.99. The third-order valence-electron chi connectivity index (χ3n) is 5.78. The van der Waals surface area contributed by atoms with Crippen molar-refractivity contribution >= 4 is 50.9 Å². The first-order valence-electron chi connectivity index (χ1n) is 12.8. The van der Waals surface area contributed by atoms with Crippen molar-refractivity contribution in [1.29, 1.82) is 0 Å². The van der Waals surface area contributed by atoms with Gasteiger partial charge in [-0.05, 0) is 93.2 Å². The number of rotatable bonds is 10. The van der Waals surface area contributed by atoms with Gasteiger partial charge in [0, 0.05) is 55.1 Å². The lowest BCUT2D eigenvalue weighted by Crippen LogP contribution is -2.29. The maximum Gasteiger partial charge on any atom is 0.222 e. The van der Waals surface area contributed by atoms with Gasteiger partial charge >= 0.3 is 0 Å². The van der Waals surface area contributed by atoms with Crippen molar-refractivity contribution in [2.45, 2.75) is 64.5 Å². The van der Waals surface area contributed by atoms with Crippen molar-refractivity contribution in [1.82, 2.24) is 20.3 Å². The number of halogens is 1. The summed E-state index contributed by atoms with van der Waals surface area (Å²) in [6.07, 6.45) is 7.62. The molecule has 0 spiro atoms. The van der Waals surface area contributed by atoms with Crippen molar-refractivity contribution in [3.8, 4) is 0 Å². The summed E-state index contributed by atoms with van der Waals surface area (Å²) in [5.41, 5.74) is 2.56. The molecule has 8 heteroatoms. The number of likely N-dealkylation sites (tertiary alicyclic amines) is 1. The summed E-state index contributed by atoms with van der Waals surface area (Å²) in [4.78, 5) is 14.0. The number of amides is 1. The third-order valence-corrected chi connectivity index (χ3v) is 8.39. The van der Waals surface area contributed by atoms with Crippen LogP contribution in [-0.4, -0.2) is 44.0 Å². The fourth-order valence-corrected chi connectivity index (χ4v) is 5.93. The second-order valence-corrected chi connectivity index (χ2v) is 11.4. The number of nitrogens with one attached hydrogen (secondary N) is 3. The monoisotopic (exact) mass is 552 g/mol. The number of aryl methyl sites for hydroxylation is 1. The zero-order valence-corrected chi connectivity index (χ0v) is 25.3. The van der Waals surface area contributed by atoms with Gasteiger partial charge in [0.25, 0.3) is 0 Å². The Morgan fingerprint density at radius 3 is 2.67 bits per heavy atom. The molecule has 1 unspecified atom stereocenters. The minimum absolute atomic E-state index is 0.310. The molecule has 2 heterocycles. The van der Waals surface area contributed by atoms with Crippen LogP contribution in [0.2, 0.25) is 5.02 Å². The van der Waals surface area contributed by atoms with Crippen molar-refractivity contribution in [3.05, 3.63) is 53.3 Å². The Kier molecular flexibility index (Phi) is 16.7. The van der Waals surface area contributed by atoms with E-state index >= 15 is 0 Å². The van der Waals surface area contributed by atoms with E-state index in [0.717, 1.165) is 44.0 Å². The Bertz CT molecular complexity index is 960. The molecule has 1 fully saturated rings. The molecule has 1 amide bonds. The zero-order valence-electron chi connectivity index (χ0n) is 22.9. The summed E-state index contributed by atoms with van der Waals surface area (Å²) in [5.74, 6) is 0.868. The lowest BCUT2D eigenvalue weighted by atomic mass is 10.1. The molecular formula is C28H45ClN4OS2. The fourth-order valence-electron chi connectivity index (χ4n) is 3.52. The number of thiophene rings is 1. The first kappa shape index (κ1) is 32.4. The Labute approximate surface area is 232 Å². The molecule has 0 saturated carbocycles. The predicted octanol–water partition coefficient (Wildman–Crippen LogP) is 7.37. The molecule has 0 aliphatic carbocycles. The Hall–Kier alpha value is -1.67. The van der Waals surface area contributed by atoms with Gasteiger partial charge in [-0.1, -0.05) is 38.1 Å². The van der Waals surface area contributed by atoms with Crippen LogP contribution in [0.5, 0.6) is 0 Å². The average molecular weight is 553 g/mol. The van der Waals surface area contributed by atoms with Crippen LogP contribution in [0.1, 0.15) is 58.9 Å². The zero-order chi connectivity index (χ0) is 26.9. The van der Waals surface area contributed by atoms with Crippen LogP contribution in [0.15, 0.2) is 47.0 Å². The highest BCUT2D eigenvalue weighted by Crippen LogP contribution is 2.37. The summed E-state index contributed by atoms with van der Waals surface area (Å²) in [5, 5.41) is 7.97. The Morgan fingerprint density at radius 1 is 1.33 bits per heavy atom. The normalized spacial score (nSPS) is 15.0. The molecule has 1 aromatic heterocycles. The number of fused-ring (bicyclic) bond motifs is 1. The van der Waals surface area contributed by atoms with E-state index in [1.165, 1.54) is 32.0 Å². The smallest absolute Gasteiger partial charge is 0.222 e. The molecule has 3 N–H and O–H groups in total. The predicted molar refractivity (Wildman–Crippen MR) is 162 cm³/mol. The summed E-state index contributed by atoms with van der Waals surface area (Å²) < 4.78 is 6.08. The standard InChI is InChI=1S/C18H23ClN2OS2.C7H15N.C3H7N/c1-3-4-17(22)21-8-7-13(11-21)10-20-24-18-12(2)15-9-14(19)5-6-16(15)23-18;1-4-6-8-7(3)5-2;1-3-4-2/h5-6,9,13,20H,3-4,7-8,10-11H2,1-2H3;5,8H,4,6H2,1-3H3;3-4H,1H2,2H3/b;7-5+;. The lowest BCUT2D eigenvalue weighted by molar-refractivity contribution is -0.130. The van der Waals surface area contributed by atoms with Gasteiger partial charge in [0.1, 0.15) is 0 Å². The van der Waals surface area contributed by atoms with Crippen molar-refractivity contribution in [2.75, 3.05) is 33.2 Å². The quantitative estimate of drug-likeness (QED) is 0.269. The van der Waals surface area contributed by atoms with Crippen LogP contribution in [0.4, 0.5) is 0 Å². The SMILES string of the molecule is C/C=C(\C)NCCC.C=CNC.CCCC(=O)N1CCC(CNSc2sc3ccc(Cl)cc3c2C)C1. The third kappa shape index (κ3) is 11.6. The lowest BCUT2D eigenvalue weighted by Gasteiger charge is -2.16. The number of allylic oxidation sites excluding steroid dienone is 2. The Morgan fingerprint density at radius 2 is 2.06 bits per heavy atom. The summed E-state index contributed by atoms with van der Waals surface area (Å²) in [6.45, 7) is 17.7. The van der Waals surface area contributed by atoms with Gasteiger partial charge in [-0.3, -0.25) is 9.52 Å². The van der Waals surface area contributed by atoms with Crippen LogP contribution in [0.25, 0.3) is 10.1 Å². The highest BCUT2D eigenvalue weighted by Gasteiger charge is 2.25. The van der Waals surface area contributed by atoms with Crippen LogP contribution in [0.3, 0.4) is 0 Å². The molecule has 2 aromatic rings. The van der Waals surface area contributed by atoms with E-state index in [1.54, 1.807) is 29.5 Å². The molecule has 0 bridgehead atoms. The summed E-state index contributed by atoms with van der Waals surface area (Å²) in [6, 6.07) is 6.08. The Balaban J connectivity index is 0.000000452. The molecule has 0 radical (unpaired) electrons. The molecule has 3 rings (SSSR count). The van der Waals surface area contributed by atoms with Crippen molar-refractivity contribution in [3.63, 3.8) is 0 Å². The molecule has 202 valence electrons. The van der Waals surface area contributed by atoms with E-state index in [2.05, 4.69) is 61.8 Å². The number of hydrogen-bond acceptors (Lipinski definition) is 6. The summed E-state index contributed by atoms with van der Waals surface area (Å²) in [7, 11) is 1.81. The van der Waals surface area contributed by atoms with Gasteiger partial charge in [0.05, 0.1) is 4.21 Å². The van der Waals surface area contributed by atoms with Crippen LogP contribution < -0.4 is 15.4 Å². The largest absolute Gasteiger partial charge is 0.394 e. The number of carbonyl (C=O) groups excluding carboxylic acids is 1. The van der Waals surface area contributed by atoms with Gasteiger partial charge in [-0.25, -0.2) is 0 Å². The average Bonchev–Trinajstić information content (AvgIpc) is 3.48. The molecule has 1 atom stereocenters. The molecule has 36 heavy (non-hydrogen) atoms. The van der Waals surface area contributed by atoms with E-state index < -0.39 is 0 Å². The first-order chi connectivity index (χ1) is 17.3. The number of hydrogen-bond donors (Lipinski definition) is 3. The molecule has 1 saturated heterocycles. The van der Waals surface area contributed by atoms with E-state index in [9.17, 15) is 4.79 Å². The van der Waals surface area contributed by atoms with Gasteiger partial charge in [-0.2, -0.15) is 0 Å². The van der Waals surface area contributed by atoms with Crippen LogP contribution in [0, 0.1) is 12.8 Å². The molecule has 1 aromatic carbocycles. The van der Waals surface area contributed by atoms with Gasteiger partial charge in [-0.15, -0.1) is 11.3 Å². The van der Waals surface area contributed by atoms with Crippen molar-refractivity contribution in [2.24, 2.45) is 5.92 Å².